The molecular weight excluding hydrogens is 576 g/mol. The van der Waals surface area contributed by atoms with Gasteiger partial charge in [-0.25, -0.2) is 4.79 Å². The zero-order chi connectivity index (χ0) is 32.4. The fraction of sp³-hybridized carbons (Fsp3) is 0.543. The molecule has 0 unspecified atom stereocenters. The van der Waals surface area contributed by atoms with E-state index in [2.05, 4.69) is 69.3 Å². The Morgan fingerprint density at radius 2 is 1.45 bits per heavy atom. The number of hydrogen-bond donors (Lipinski definition) is 0. The Morgan fingerprint density at radius 3 is 1.98 bits per heavy atom. The smallest absolute Gasteiger partial charge is 0.330 e. The van der Waals surface area contributed by atoms with Crippen LogP contribution in [0.25, 0.3) is 0 Å². The minimum atomic E-state index is -2.95. The van der Waals surface area contributed by atoms with Crippen molar-refractivity contribution in [2.24, 2.45) is 0 Å². The van der Waals surface area contributed by atoms with Crippen molar-refractivity contribution in [3.8, 4) is 0 Å². The quantitative estimate of drug-likeness (QED) is 0.0619. The molecule has 0 amide bonds. The Hall–Kier alpha value is -2.82. The first-order chi connectivity index (χ1) is 21.0. The molecule has 2 aromatic carbocycles. The van der Waals surface area contributed by atoms with Gasteiger partial charge in [0.2, 0.25) is 0 Å². The molecule has 3 atom stereocenters. The maximum atomic E-state index is 12.2. The summed E-state index contributed by atoms with van der Waals surface area (Å²) in [6.07, 6.45) is 6.15. The number of unbranched alkanes of at least 4 members (excludes halogenated alkanes) is 2. The Morgan fingerprint density at radius 1 is 0.864 bits per heavy atom. The lowest BCUT2D eigenvalue weighted by molar-refractivity contribution is -0.145. The second-order valence-corrected chi connectivity index (χ2v) is 16.2. The van der Waals surface area contributed by atoms with E-state index in [1.54, 1.807) is 13.2 Å². The molecule has 0 N–H and O–H groups in total. The fourth-order valence-corrected chi connectivity index (χ4v) is 10.1. The number of hydrogen-bond acceptors (Lipinski definition) is 8. The van der Waals surface area contributed by atoms with Gasteiger partial charge in [0, 0.05) is 20.1 Å². The lowest BCUT2D eigenvalue weighted by Crippen LogP contribution is -2.68. The standard InChI is InChI=1S/C35H52O8Si/c1-28(42-29(2)36)17-11-8-16-22-33(32(23-24-34(37)39-7)41-27-40-26-25-38-6)43-44(35(3,4)5,30-18-12-9-13-19-30)31-20-14-10-15-21-31/h9-10,12-15,18-21,23-24,28,32-33H,8,11,16-17,22,25-27H2,1-7H3/b24-23+/t28-,32+,33+/m0/s1. The van der Waals surface area contributed by atoms with E-state index < -0.39 is 26.5 Å². The lowest BCUT2D eigenvalue weighted by Gasteiger charge is -2.46. The average Bonchev–Trinajstić information content (AvgIpc) is 2.99. The summed E-state index contributed by atoms with van der Waals surface area (Å²) < 4.78 is 34.8. The number of methoxy groups -OCH3 is 2. The predicted octanol–water partition coefficient (Wildman–Crippen LogP) is 5.57. The van der Waals surface area contributed by atoms with Crippen LogP contribution in [0.5, 0.6) is 0 Å². The fourth-order valence-electron chi connectivity index (χ4n) is 5.36. The van der Waals surface area contributed by atoms with Gasteiger partial charge in [0.15, 0.2) is 0 Å². The highest BCUT2D eigenvalue weighted by molar-refractivity contribution is 6.99. The Bertz CT molecular complexity index is 1080. The Labute approximate surface area is 265 Å². The first-order valence-electron chi connectivity index (χ1n) is 15.5. The molecule has 2 rings (SSSR count). The molecule has 0 radical (unpaired) electrons. The molecule has 244 valence electrons. The number of ether oxygens (including phenoxy) is 5. The van der Waals surface area contributed by atoms with Crippen LogP contribution in [-0.2, 0) is 37.7 Å². The maximum absolute atomic E-state index is 12.2. The minimum absolute atomic E-state index is 0.0139. The van der Waals surface area contributed by atoms with Crippen molar-refractivity contribution in [2.45, 2.75) is 90.1 Å². The van der Waals surface area contributed by atoms with Crippen LogP contribution in [0.2, 0.25) is 5.04 Å². The number of carbonyl (C=O) groups is 2. The molecule has 0 saturated heterocycles. The molecule has 0 aliphatic carbocycles. The lowest BCUT2D eigenvalue weighted by atomic mass is 10.0. The van der Waals surface area contributed by atoms with Crippen molar-refractivity contribution < 1.29 is 37.7 Å². The molecule has 0 aliphatic heterocycles. The zero-order valence-electron chi connectivity index (χ0n) is 27.6. The van der Waals surface area contributed by atoms with Crippen LogP contribution in [0.15, 0.2) is 72.8 Å². The van der Waals surface area contributed by atoms with Gasteiger partial charge >= 0.3 is 11.9 Å². The van der Waals surface area contributed by atoms with Crippen molar-refractivity contribution in [3.05, 3.63) is 72.8 Å². The van der Waals surface area contributed by atoms with E-state index in [1.807, 2.05) is 19.1 Å². The van der Waals surface area contributed by atoms with E-state index in [4.69, 9.17) is 28.1 Å². The van der Waals surface area contributed by atoms with E-state index in [9.17, 15) is 9.59 Å². The first kappa shape index (κ1) is 37.4. The van der Waals surface area contributed by atoms with Crippen molar-refractivity contribution in [1.29, 1.82) is 0 Å². The molecule has 8 nitrogen and oxygen atoms in total. The van der Waals surface area contributed by atoms with Gasteiger partial charge in [-0.2, -0.15) is 0 Å². The molecule has 0 saturated carbocycles. The van der Waals surface area contributed by atoms with Crippen LogP contribution in [0.3, 0.4) is 0 Å². The van der Waals surface area contributed by atoms with Gasteiger partial charge in [0.05, 0.1) is 32.5 Å². The molecular formula is C35H52O8Si. The van der Waals surface area contributed by atoms with Crippen LogP contribution in [0.1, 0.15) is 66.7 Å². The summed E-state index contributed by atoms with van der Waals surface area (Å²) in [7, 11) is 0.0156. The van der Waals surface area contributed by atoms with Crippen molar-refractivity contribution in [3.63, 3.8) is 0 Å². The SMILES string of the molecule is COCCOCO[C@H](/C=C/C(=O)OC)[C@@H](CCCCC[C@H](C)OC(C)=O)O[Si](c1ccccc1)(c1ccccc1)C(C)(C)C. The van der Waals surface area contributed by atoms with Crippen molar-refractivity contribution >= 4 is 30.6 Å². The number of esters is 2. The van der Waals surface area contributed by atoms with Gasteiger partial charge in [-0.1, -0.05) is 94.3 Å². The number of carbonyl (C=O) groups excluding carboxylic acids is 2. The van der Waals surface area contributed by atoms with Gasteiger partial charge in [-0.3, -0.25) is 4.79 Å². The van der Waals surface area contributed by atoms with Crippen LogP contribution >= 0.6 is 0 Å². The molecule has 0 spiro atoms. The highest BCUT2D eigenvalue weighted by Gasteiger charge is 2.52. The van der Waals surface area contributed by atoms with Gasteiger partial charge in [-0.05, 0) is 47.7 Å². The highest BCUT2D eigenvalue weighted by Crippen LogP contribution is 2.38. The summed E-state index contributed by atoms with van der Waals surface area (Å²) >= 11 is 0. The zero-order valence-corrected chi connectivity index (χ0v) is 28.6. The third-order valence-corrected chi connectivity index (χ3v) is 12.5. The summed E-state index contributed by atoms with van der Waals surface area (Å²) in [5.41, 5.74) is 0. The topological polar surface area (TPSA) is 89.5 Å². The van der Waals surface area contributed by atoms with E-state index in [1.165, 1.54) is 20.1 Å². The van der Waals surface area contributed by atoms with Crippen molar-refractivity contribution in [2.75, 3.05) is 34.2 Å². The predicted molar refractivity (Wildman–Crippen MR) is 176 cm³/mol. The van der Waals surface area contributed by atoms with E-state index >= 15 is 0 Å². The Balaban J connectivity index is 2.50. The summed E-state index contributed by atoms with van der Waals surface area (Å²) in [5, 5.41) is 2.07. The summed E-state index contributed by atoms with van der Waals surface area (Å²) in [5.74, 6) is -0.732. The number of benzene rings is 2. The largest absolute Gasteiger partial charge is 0.466 e. The van der Waals surface area contributed by atoms with Crippen LogP contribution in [0, 0.1) is 0 Å². The van der Waals surface area contributed by atoms with E-state index in [-0.39, 0.29) is 23.9 Å². The third kappa shape index (κ3) is 11.9. The molecule has 0 aliphatic rings. The second-order valence-electron chi connectivity index (χ2n) is 11.9. The molecule has 2 aromatic rings. The van der Waals surface area contributed by atoms with E-state index in [0.717, 1.165) is 36.1 Å². The minimum Gasteiger partial charge on any atom is -0.466 e. The monoisotopic (exact) mass is 628 g/mol. The van der Waals surface area contributed by atoms with Crippen LogP contribution < -0.4 is 10.4 Å². The first-order valence-corrected chi connectivity index (χ1v) is 17.4. The van der Waals surface area contributed by atoms with Gasteiger partial charge in [0.1, 0.15) is 12.9 Å². The summed E-state index contributed by atoms with van der Waals surface area (Å²) in [6.45, 7) is 10.9. The summed E-state index contributed by atoms with van der Waals surface area (Å²) in [4.78, 5) is 23.5. The van der Waals surface area contributed by atoms with Crippen molar-refractivity contribution in [1.82, 2.24) is 0 Å². The summed E-state index contributed by atoms with van der Waals surface area (Å²) in [6, 6.07) is 20.9. The molecule has 0 bridgehead atoms. The second kappa shape index (κ2) is 19.5. The van der Waals surface area contributed by atoms with Crippen LogP contribution in [-0.4, -0.2) is 72.8 Å². The molecule has 9 heteroatoms. The molecule has 0 heterocycles. The van der Waals surface area contributed by atoms with Gasteiger partial charge in [0.25, 0.3) is 8.32 Å². The van der Waals surface area contributed by atoms with Crippen LogP contribution in [0.4, 0.5) is 0 Å². The Kier molecular flexibility index (Phi) is 16.6. The average molecular weight is 629 g/mol. The molecule has 0 fully saturated rings. The van der Waals surface area contributed by atoms with Gasteiger partial charge in [-0.15, -0.1) is 0 Å². The molecule has 0 aromatic heterocycles. The normalized spacial score (nSPS) is 14.2. The maximum Gasteiger partial charge on any atom is 0.330 e. The van der Waals surface area contributed by atoms with E-state index in [0.29, 0.717) is 19.6 Å². The number of rotatable bonds is 20. The highest BCUT2D eigenvalue weighted by atomic mass is 28.4. The molecule has 44 heavy (non-hydrogen) atoms. The van der Waals surface area contributed by atoms with Gasteiger partial charge < -0.3 is 28.1 Å². The third-order valence-electron chi connectivity index (χ3n) is 7.48.